The van der Waals surface area contributed by atoms with Crippen LogP contribution in [0.25, 0.3) is 0 Å². The van der Waals surface area contributed by atoms with Crippen LogP contribution in [0.2, 0.25) is 18.1 Å². The fourth-order valence-electron chi connectivity index (χ4n) is 3.68. The van der Waals surface area contributed by atoms with Crippen LogP contribution in [0, 0.1) is 17.8 Å². The van der Waals surface area contributed by atoms with Crippen molar-refractivity contribution in [3.8, 4) is 0 Å². The molecular formula is C22H40O2Si. The van der Waals surface area contributed by atoms with Gasteiger partial charge in [0.25, 0.3) is 0 Å². The molecule has 0 unspecified atom stereocenters. The Morgan fingerprint density at radius 3 is 2.64 bits per heavy atom. The largest absolute Gasteiger partial charge is 0.417 e. The van der Waals surface area contributed by atoms with Crippen LogP contribution in [0.4, 0.5) is 0 Å². The van der Waals surface area contributed by atoms with Gasteiger partial charge in [-0.05, 0) is 61.2 Å². The van der Waals surface area contributed by atoms with Gasteiger partial charge in [-0.1, -0.05) is 52.3 Å². The van der Waals surface area contributed by atoms with Gasteiger partial charge in [0.15, 0.2) is 8.32 Å². The molecule has 0 amide bonds. The SMILES string of the molecule is CCC[C@@H]1C=C[C@@H](CCCO[Si](C)(C)C(C)(C)C)C/C=C2/COC[C@H]21. The standard InChI is InChI=1S/C22H40O2Si/c1-7-9-19-13-11-18(12-14-20-16-23-17-21(19)20)10-8-15-24-25(5,6)22(2,3)4/h11,13-14,18-19,21H,7-10,12,15-17H2,1-6H3/b13-11?,20-14-/t18-,19-,21+/m1/s1. The summed E-state index contributed by atoms with van der Waals surface area (Å²) in [5.41, 5.74) is 1.56. The highest BCUT2D eigenvalue weighted by Gasteiger charge is 2.36. The zero-order chi connectivity index (χ0) is 18.5. The Morgan fingerprint density at radius 2 is 1.96 bits per heavy atom. The molecule has 1 saturated heterocycles. The molecule has 1 aliphatic carbocycles. The predicted molar refractivity (Wildman–Crippen MR) is 110 cm³/mol. The van der Waals surface area contributed by atoms with Crippen LogP contribution >= 0.6 is 0 Å². The summed E-state index contributed by atoms with van der Waals surface area (Å²) in [7, 11) is -1.60. The normalized spacial score (nSPS) is 29.7. The van der Waals surface area contributed by atoms with Crippen LogP contribution in [0.1, 0.15) is 59.8 Å². The molecule has 3 atom stereocenters. The molecule has 2 rings (SSSR count). The van der Waals surface area contributed by atoms with E-state index in [9.17, 15) is 0 Å². The van der Waals surface area contributed by atoms with Crippen molar-refractivity contribution < 1.29 is 9.16 Å². The van der Waals surface area contributed by atoms with E-state index in [4.69, 9.17) is 9.16 Å². The van der Waals surface area contributed by atoms with Gasteiger partial charge < -0.3 is 9.16 Å². The highest BCUT2D eigenvalue weighted by atomic mass is 28.4. The number of rotatable bonds is 7. The Morgan fingerprint density at radius 1 is 1.20 bits per heavy atom. The quantitative estimate of drug-likeness (QED) is 0.297. The Balaban J connectivity index is 1.86. The molecule has 1 aliphatic heterocycles. The van der Waals surface area contributed by atoms with Crippen LogP contribution in [0.15, 0.2) is 23.8 Å². The molecule has 25 heavy (non-hydrogen) atoms. The van der Waals surface area contributed by atoms with E-state index >= 15 is 0 Å². The average Bonchev–Trinajstić information content (AvgIpc) is 2.96. The maximum Gasteiger partial charge on any atom is 0.191 e. The van der Waals surface area contributed by atoms with Crippen molar-refractivity contribution in [2.24, 2.45) is 17.8 Å². The van der Waals surface area contributed by atoms with E-state index in [1.54, 1.807) is 5.57 Å². The van der Waals surface area contributed by atoms with Gasteiger partial charge in [-0.15, -0.1) is 0 Å². The van der Waals surface area contributed by atoms with E-state index in [0.717, 1.165) is 19.8 Å². The Labute approximate surface area is 157 Å². The lowest BCUT2D eigenvalue weighted by molar-refractivity contribution is 0.177. The number of allylic oxidation sites excluding steroid dienone is 3. The topological polar surface area (TPSA) is 18.5 Å². The highest BCUT2D eigenvalue weighted by molar-refractivity contribution is 6.74. The first-order chi connectivity index (χ1) is 11.7. The third-order valence-electron chi connectivity index (χ3n) is 6.48. The number of hydrogen-bond donors (Lipinski definition) is 0. The Bertz CT molecular complexity index is 473. The highest BCUT2D eigenvalue weighted by Crippen LogP contribution is 2.37. The molecular weight excluding hydrogens is 324 g/mol. The van der Waals surface area contributed by atoms with Crippen molar-refractivity contribution in [2.45, 2.75) is 77.9 Å². The monoisotopic (exact) mass is 364 g/mol. The minimum atomic E-state index is -1.60. The summed E-state index contributed by atoms with van der Waals surface area (Å²) in [5, 5.41) is 0.308. The molecule has 2 nitrogen and oxygen atoms in total. The first-order valence-corrected chi connectivity index (χ1v) is 13.2. The van der Waals surface area contributed by atoms with Gasteiger partial charge in [0.05, 0.1) is 13.2 Å². The zero-order valence-electron chi connectivity index (χ0n) is 17.4. The van der Waals surface area contributed by atoms with Gasteiger partial charge in [-0.3, -0.25) is 0 Å². The van der Waals surface area contributed by atoms with Crippen molar-refractivity contribution in [2.75, 3.05) is 19.8 Å². The molecule has 3 heteroatoms. The lowest BCUT2D eigenvalue weighted by atomic mass is 9.80. The molecule has 0 saturated carbocycles. The number of ether oxygens (including phenoxy) is 1. The van der Waals surface area contributed by atoms with E-state index in [1.807, 2.05) is 0 Å². The number of hydrogen-bond acceptors (Lipinski definition) is 2. The molecule has 0 aromatic heterocycles. The molecule has 1 fully saturated rings. The van der Waals surface area contributed by atoms with Crippen LogP contribution < -0.4 is 0 Å². The van der Waals surface area contributed by atoms with E-state index < -0.39 is 8.32 Å². The van der Waals surface area contributed by atoms with Crippen molar-refractivity contribution >= 4 is 8.32 Å². The van der Waals surface area contributed by atoms with Crippen LogP contribution in [-0.2, 0) is 9.16 Å². The fourth-order valence-corrected chi connectivity index (χ4v) is 4.76. The molecule has 0 aromatic rings. The van der Waals surface area contributed by atoms with Crippen LogP contribution in [0.3, 0.4) is 0 Å². The van der Waals surface area contributed by atoms with Crippen molar-refractivity contribution in [3.05, 3.63) is 23.8 Å². The summed E-state index contributed by atoms with van der Waals surface area (Å²) in [6.45, 7) is 16.6. The van der Waals surface area contributed by atoms with E-state index in [0.29, 0.717) is 22.8 Å². The maximum atomic E-state index is 6.35. The molecule has 0 bridgehead atoms. The van der Waals surface area contributed by atoms with Gasteiger partial charge in [0.1, 0.15) is 0 Å². The van der Waals surface area contributed by atoms with Gasteiger partial charge >= 0.3 is 0 Å². The van der Waals surface area contributed by atoms with E-state index in [-0.39, 0.29) is 0 Å². The maximum absolute atomic E-state index is 6.35. The smallest absolute Gasteiger partial charge is 0.191 e. The third kappa shape index (κ3) is 5.80. The zero-order valence-corrected chi connectivity index (χ0v) is 18.4. The molecule has 2 aliphatic rings. The van der Waals surface area contributed by atoms with Crippen LogP contribution in [-0.4, -0.2) is 28.1 Å². The molecule has 0 spiro atoms. The molecule has 144 valence electrons. The third-order valence-corrected chi connectivity index (χ3v) is 11.0. The molecule has 0 aromatic carbocycles. The van der Waals surface area contributed by atoms with Gasteiger partial charge in [0.2, 0.25) is 0 Å². The van der Waals surface area contributed by atoms with Gasteiger partial charge in [-0.2, -0.15) is 0 Å². The van der Waals surface area contributed by atoms with Crippen molar-refractivity contribution in [1.29, 1.82) is 0 Å². The Kier molecular flexibility index (Phi) is 7.54. The average molecular weight is 365 g/mol. The second-order valence-electron chi connectivity index (χ2n) is 9.48. The minimum Gasteiger partial charge on any atom is -0.417 e. The Hall–Kier alpha value is -0.383. The number of fused-ring (bicyclic) bond motifs is 1. The van der Waals surface area contributed by atoms with E-state index in [2.05, 4.69) is 59.0 Å². The molecule has 0 radical (unpaired) electrons. The second kappa shape index (κ2) is 9.01. The van der Waals surface area contributed by atoms with Gasteiger partial charge in [0, 0.05) is 12.5 Å². The summed E-state index contributed by atoms with van der Waals surface area (Å²) in [6.07, 6.45) is 13.6. The van der Waals surface area contributed by atoms with E-state index in [1.165, 1.54) is 32.1 Å². The lowest BCUT2D eigenvalue weighted by Gasteiger charge is -2.36. The van der Waals surface area contributed by atoms with Crippen LogP contribution in [0.5, 0.6) is 0 Å². The fraction of sp³-hybridized carbons (Fsp3) is 0.818. The molecule has 1 heterocycles. The second-order valence-corrected chi connectivity index (χ2v) is 14.3. The lowest BCUT2D eigenvalue weighted by Crippen LogP contribution is -2.41. The summed E-state index contributed by atoms with van der Waals surface area (Å²) in [5.74, 6) is 1.97. The first kappa shape index (κ1) is 20.9. The summed E-state index contributed by atoms with van der Waals surface area (Å²) in [6, 6.07) is 0. The summed E-state index contributed by atoms with van der Waals surface area (Å²) >= 11 is 0. The van der Waals surface area contributed by atoms with Crippen molar-refractivity contribution in [3.63, 3.8) is 0 Å². The molecule has 0 N–H and O–H groups in total. The summed E-state index contributed by atoms with van der Waals surface area (Å²) in [4.78, 5) is 0. The minimum absolute atomic E-state index is 0.308. The predicted octanol–water partition coefficient (Wildman–Crippen LogP) is 6.35. The van der Waals surface area contributed by atoms with Crippen molar-refractivity contribution in [1.82, 2.24) is 0 Å². The van der Waals surface area contributed by atoms with Gasteiger partial charge in [-0.25, -0.2) is 0 Å². The first-order valence-electron chi connectivity index (χ1n) is 10.3. The summed E-state index contributed by atoms with van der Waals surface area (Å²) < 4.78 is 12.1.